The number of carbonyl (C=O) groups is 2. The van der Waals surface area contributed by atoms with Crippen molar-refractivity contribution >= 4 is 33.8 Å². The van der Waals surface area contributed by atoms with Crippen LogP contribution in [-0.4, -0.2) is 10.2 Å². The minimum Gasteiger partial charge on any atom is -0.282 e. The summed E-state index contributed by atoms with van der Waals surface area (Å²) < 4.78 is 14.8. The summed E-state index contributed by atoms with van der Waals surface area (Å²) in [6, 6.07) is 19.7. The molecule has 0 unspecified atom stereocenters. The van der Waals surface area contributed by atoms with Crippen molar-refractivity contribution in [1.82, 2.24) is 0 Å². The number of hydrogen-bond donors (Lipinski definition) is 0. The van der Waals surface area contributed by atoms with Crippen LogP contribution >= 0.6 is 23.5 Å². The molecule has 3 aromatic carbocycles. The molecule has 0 fully saturated rings. The second kappa shape index (κ2) is 9.74. The van der Waals surface area contributed by atoms with Crippen molar-refractivity contribution < 1.29 is 14.0 Å². The summed E-state index contributed by atoms with van der Waals surface area (Å²) >= 11 is 2.20. The van der Waals surface area contributed by atoms with Crippen LogP contribution in [0.1, 0.15) is 6.92 Å². The van der Waals surface area contributed by atoms with E-state index in [-0.39, 0.29) is 16.0 Å². The van der Waals surface area contributed by atoms with Crippen LogP contribution < -0.4 is 0 Å². The average Bonchev–Trinajstić information content (AvgIpc) is 2.74. The first-order valence-electron chi connectivity index (χ1n) is 9.09. The maximum absolute atomic E-state index is 14.8. The summed E-state index contributed by atoms with van der Waals surface area (Å²) in [5, 5.41) is -0.205. The van der Waals surface area contributed by atoms with E-state index in [2.05, 4.69) is 13.2 Å². The molecule has 30 heavy (non-hydrogen) atoms. The second-order valence-electron chi connectivity index (χ2n) is 6.54. The van der Waals surface area contributed by atoms with Gasteiger partial charge in [0.15, 0.2) is 0 Å². The molecule has 3 aromatic rings. The van der Waals surface area contributed by atoms with Crippen molar-refractivity contribution in [3.63, 3.8) is 0 Å². The molecular weight excluding hydrogens is 415 g/mol. The number of thioether (sulfide) groups is 2. The van der Waals surface area contributed by atoms with Crippen LogP contribution in [0.5, 0.6) is 0 Å². The molecule has 0 heterocycles. The van der Waals surface area contributed by atoms with Gasteiger partial charge in [-0.05, 0) is 89.1 Å². The molecule has 0 amide bonds. The van der Waals surface area contributed by atoms with Gasteiger partial charge in [-0.15, -0.1) is 0 Å². The predicted molar refractivity (Wildman–Crippen MR) is 124 cm³/mol. The van der Waals surface area contributed by atoms with Gasteiger partial charge in [-0.3, -0.25) is 9.59 Å². The molecule has 0 bridgehead atoms. The van der Waals surface area contributed by atoms with Gasteiger partial charge in [-0.25, -0.2) is 4.39 Å². The summed E-state index contributed by atoms with van der Waals surface area (Å²) in [7, 11) is 0. The Balaban J connectivity index is 1.78. The highest BCUT2D eigenvalue weighted by atomic mass is 32.2. The Labute approximate surface area is 183 Å². The maximum Gasteiger partial charge on any atom is 0.219 e. The van der Waals surface area contributed by atoms with Crippen LogP contribution in [0.15, 0.2) is 101 Å². The summed E-state index contributed by atoms with van der Waals surface area (Å²) in [5.41, 5.74) is 3.34. The van der Waals surface area contributed by atoms with E-state index in [1.807, 2.05) is 30.3 Å². The largest absolute Gasteiger partial charge is 0.282 e. The van der Waals surface area contributed by atoms with Crippen molar-refractivity contribution in [2.45, 2.75) is 16.7 Å². The predicted octanol–water partition coefficient (Wildman–Crippen LogP) is 7.16. The molecule has 0 saturated heterocycles. The number of carbonyl (C=O) groups excluding carboxylic acids is 2. The van der Waals surface area contributed by atoms with Gasteiger partial charge in [-0.2, -0.15) is 0 Å². The van der Waals surface area contributed by atoms with Gasteiger partial charge in [0.05, 0.1) is 0 Å². The van der Waals surface area contributed by atoms with E-state index in [9.17, 15) is 14.0 Å². The van der Waals surface area contributed by atoms with Gasteiger partial charge >= 0.3 is 0 Å². The van der Waals surface area contributed by atoms with Crippen LogP contribution in [0, 0.1) is 5.82 Å². The molecule has 3 rings (SSSR count). The van der Waals surface area contributed by atoms with E-state index < -0.39 is 0 Å². The number of rotatable bonds is 6. The van der Waals surface area contributed by atoms with Crippen LogP contribution in [0.3, 0.4) is 0 Å². The molecule has 150 valence electrons. The van der Waals surface area contributed by atoms with E-state index in [1.165, 1.54) is 12.1 Å². The molecule has 0 saturated carbocycles. The molecule has 0 aromatic heterocycles. The smallest absolute Gasteiger partial charge is 0.219 e. The lowest BCUT2D eigenvalue weighted by molar-refractivity contribution is -0.108. The zero-order valence-corrected chi connectivity index (χ0v) is 18.0. The van der Waals surface area contributed by atoms with Gasteiger partial charge in [0.25, 0.3) is 0 Å². The quantitative estimate of drug-likeness (QED) is 0.304. The van der Waals surface area contributed by atoms with Crippen LogP contribution in [0.25, 0.3) is 22.3 Å². The maximum atomic E-state index is 14.8. The third-order valence-electron chi connectivity index (χ3n) is 4.27. The van der Waals surface area contributed by atoms with E-state index in [4.69, 9.17) is 0 Å². The number of hydrogen-bond acceptors (Lipinski definition) is 4. The van der Waals surface area contributed by atoms with Gasteiger partial charge in [0, 0.05) is 15.4 Å². The van der Waals surface area contributed by atoms with Crippen molar-refractivity contribution in [2.24, 2.45) is 0 Å². The molecule has 0 radical (unpaired) electrons. The number of benzene rings is 3. The molecule has 2 nitrogen and oxygen atoms in total. The van der Waals surface area contributed by atoms with Crippen molar-refractivity contribution in [3.05, 3.63) is 97.4 Å². The zero-order valence-electron chi connectivity index (χ0n) is 16.4. The Kier molecular flexibility index (Phi) is 7.08. The lowest BCUT2D eigenvalue weighted by Crippen LogP contribution is -1.91. The van der Waals surface area contributed by atoms with Crippen molar-refractivity contribution in [2.75, 3.05) is 0 Å². The Morgan fingerprint density at radius 1 is 0.833 bits per heavy atom. The Hall–Kier alpha value is -2.89. The number of halogens is 1. The Morgan fingerprint density at radius 2 is 1.37 bits per heavy atom. The van der Waals surface area contributed by atoms with Crippen LogP contribution in [0.2, 0.25) is 0 Å². The molecule has 5 heteroatoms. The molecule has 0 N–H and O–H groups in total. The molecule has 0 spiro atoms. The van der Waals surface area contributed by atoms with Crippen molar-refractivity contribution in [3.8, 4) is 22.3 Å². The fourth-order valence-corrected chi connectivity index (χ4v) is 3.95. The summed E-state index contributed by atoms with van der Waals surface area (Å²) in [6.45, 7) is 8.78. The zero-order chi connectivity index (χ0) is 21.7. The monoisotopic (exact) mass is 434 g/mol. The molecule has 0 aliphatic rings. The third-order valence-corrected chi connectivity index (χ3v) is 6.18. The van der Waals surface area contributed by atoms with Gasteiger partial charge in [0.2, 0.25) is 10.2 Å². The van der Waals surface area contributed by atoms with E-state index in [0.717, 1.165) is 50.0 Å². The van der Waals surface area contributed by atoms with Gasteiger partial charge in [-0.1, -0.05) is 49.6 Å². The lowest BCUT2D eigenvalue weighted by atomic mass is 10.00. The van der Waals surface area contributed by atoms with Crippen LogP contribution in [-0.2, 0) is 9.59 Å². The van der Waals surface area contributed by atoms with E-state index in [1.54, 1.807) is 37.3 Å². The average molecular weight is 435 g/mol. The molecular formula is C25H19FO2S2. The standard InChI is InChI=1S/C25H19FO2S2/c1-4-24(27)29-20-12-7-18(8-13-20)22-14-9-19(15-23(22)26)17-5-10-21(11-6-17)30-25(28)16(2)3/h4-15H,1-2H2,3H3. The molecule has 0 aliphatic carbocycles. The first-order chi connectivity index (χ1) is 14.4. The minimum absolute atomic E-state index is 0.0728. The first-order valence-corrected chi connectivity index (χ1v) is 10.7. The normalized spacial score (nSPS) is 10.5. The summed E-state index contributed by atoms with van der Waals surface area (Å²) in [4.78, 5) is 24.8. The van der Waals surface area contributed by atoms with Gasteiger partial charge in [0.1, 0.15) is 5.82 Å². The highest BCUT2D eigenvalue weighted by Crippen LogP contribution is 2.31. The fourth-order valence-electron chi connectivity index (χ4n) is 2.70. The first kappa shape index (κ1) is 21.8. The van der Waals surface area contributed by atoms with E-state index >= 15 is 0 Å². The molecule has 0 atom stereocenters. The van der Waals surface area contributed by atoms with E-state index in [0.29, 0.717) is 11.1 Å². The summed E-state index contributed by atoms with van der Waals surface area (Å²) in [6.07, 6.45) is 1.26. The highest BCUT2D eigenvalue weighted by molar-refractivity contribution is 8.14. The Bertz CT molecular complexity index is 1120. The fraction of sp³-hybridized carbons (Fsp3) is 0.0400. The Morgan fingerprint density at radius 3 is 1.90 bits per heavy atom. The topological polar surface area (TPSA) is 34.1 Å². The van der Waals surface area contributed by atoms with Crippen molar-refractivity contribution in [1.29, 1.82) is 0 Å². The highest BCUT2D eigenvalue weighted by Gasteiger charge is 2.10. The summed E-state index contributed by atoms with van der Waals surface area (Å²) in [5.74, 6) is -0.328. The lowest BCUT2D eigenvalue weighted by Gasteiger charge is -2.08. The van der Waals surface area contributed by atoms with Gasteiger partial charge < -0.3 is 0 Å². The SMILES string of the molecule is C=CC(=O)Sc1ccc(-c2ccc(-c3ccc(SC(=O)C(=C)C)cc3)cc2F)cc1. The van der Waals surface area contributed by atoms with Crippen LogP contribution in [0.4, 0.5) is 4.39 Å². The second-order valence-corrected chi connectivity index (χ2v) is 8.66. The molecule has 0 aliphatic heterocycles. The third kappa shape index (κ3) is 5.38. The minimum atomic E-state index is -0.328.